The number of carbonyl (C=O) groups excluding carboxylic acids is 2. The predicted octanol–water partition coefficient (Wildman–Crippen LogP) is 6.81. The first-order valence-corrected chi connectivity index (χ1v) is 21.0. The lowest BCUT2D eigenvalue weighted by atomic mass is 9.81. The molecule has 0 amide bonds. The first-order valence-electron chi connectivity index (χ1n) is 18.7. The number of rotatable bonds is 14. The van der Waals surface area contributed by atoms with Crippen molar-refractivity contribution in [1.29, 1.82) is 0 Å². The van der Waals surface area contributed by atoms with Crippen molar-refractivity contribution in [3.8, 4) is 11.1 Å². The Hall–Kier alpha value is -3.98. The van der Waals surface area contributed by atoms with Gasteiger partial charge < -0.3 is 19.5 Å². The molecule has 10 nitrogen and oxygen atoms in total. The van der Waals surface area contributed by atoms with Gasteiger partial charge in [0.15, 0.2) is 0 Å². The van der Waals surface area contributed by atoms with E-state index < -0.39 is 38.6 Å². The highest BCUT2D eigenvalue weighted by molar-refractivity contribution is 7.84. The van der Waals surface area contributed by atoms with E-state index in [2.05, 4.69) is 9.44 Å². The number of carbonyl (C=O) groups is 2. The lowest BCUT2D eigenvalue weighted by molar-refractivity contribution is -0.144. The minimum absolute atomic E-state index is 0.133. The van der Waals surface area contributed by atoms with Gasteiger partial charge in [0, 0.05) is 0 Å². The molecule has 13 heteroatoms. The largest absolute Gasteiger partial charge is 0.488 e. The van der Waals surface area contributed by atoms with Gasteiger partial charge in [-0.2, -0.15) is 0 Å². The van der Waals surface area contributed by atoms with Gasteiger partial charge in [0.05, 0.1) is 69.6 Å². The molecule has 4 rings (SSSR count). The summed E-state index contributed by atoms with van der Waals surface area (Å²) in [5.41, 5.74) is 5.64. The molecule has 0 bridgehead atoms. The molecular formula is C43H59BN2O8S2. The second kappa shape index (κ2) is 23.9. The summed E-state index contributed by atoms with van der Waals surface area (Å²) in [6, 6.07) is 33.8. The molecule has 0 fully saturated rings. The molecule has 0 aromatic heterocycles. The maximum absolute atomic E-state index is 12.6. The van der Waals surface area contributed by atoms with Crippen LogP contribution < -0.4 is 14.9 Å². The Labute approximate surface area is 339 Å². The van der Waals surface area contributed by atoms with E-state index in [1.54, 1.807) is 38.1 Å². The molecule has 0 heterocycles. The summed E-state index contributed by atoms with van der Waals surface area (Å²) in [6.45, 7) is 17.6. The average Bonchev–Trinajstić information content (AvgIpc) is 3.15. The summed E-state index contributed by atoms with van der Waals surface area (Å²) in [4.78, 5) is 23.8. The monoisotopic (exact) mass is 806 g/mol. The molecule has 0 spiro atoms. The third-order valence-electron chi connectivity index (χ3n) is 7.90. The zero-order valence-electron chi connectivity index (χ0n) is 34.1. The zero-order chi connectivity index (χ0) is 41.9. The Morgan fingerprint density at radius 1 is 0.625 bits per heavy atom. The van der Waals surface area contributed by atoms with Crippen LogP contribution in [0.4, 0.5) is 0 Å². The van der Waals surface area contributed by atoms with E-state index in [1.807, 2.05) is 133 Å². The molecule has 0 saturated heterocycles. The Balaban J connectivity index is 0.000000321. The number of benzene rings is 4. The van der Waals surface area contributed by atoms with Crippen LogP contribution in [-0.2, 0) is 41.0 Å². The molecule has 1 unspecified atom stereocenters. The number of ether oxygens (including phenoxy) is 2. The fraction of sp³-hybridized carbons (Fsp3) is 0.395. The molecule has 4 aromatic carbocycles. The van der Waals surface area contributed by atoms with Crippen LogP contribution in [0.1, 0.15) is 97.0 Å². The van der Waals surface area contributed by atoms with Crippen molar-refractivity contribution in [2.45, 2.75) is 96.7 Å². The van der Waals surface area contributed by atoms with Crippen LogP contribution in [0.5, 0.6) is 0 Å². The lowest BCUT2D eigenvalue weighted by Gasteiger charge is -2.24. The molecule has 0 aliphatic rings. The summed E-state index contributed by atoms with van der Waals surface area (Å²) < 4.78 is 40.4. The second-order valence-corrected chi connectivity index (χ2v) is 18.8. The summed E-state index contributed by atoms with van der Waals surface area (Å²) in [5.74, 6) is -0.594. The van der Waals surface area contributed by atoms with Crippen LogP contribution in [0.25, 0.3) is 11.1 Å². The minimum Gasteiger partial charge on any atom is -0.466 e. The minimum atomic E-state index is -1.34. The van der Waals surface area contributed by atoms with Gasteiger partial charge in [-0.1, -0.05) is 109 Å². The van der Waals surface area contributed by atoms with Crippen molar-refractivity contribution in [3.05, 3.63) is 126 Å². The van der Waals surface area contributed by atoms with Crippen molar-refractivity contribution in [2.75, 3.05) is 13.2 Å². The lowest BCUT2D eigenvalue weighted by Crippen LogP contribution is -2.36. The summed E-state index contributed by atoms with van der Waals surface area (Å²) in [6.07, 6.45) is 0.299. The molecule has 4 atom stereocenters. The molecule has 56 heavy (non-hydrogen) atoms. The van der Waals surface area contributed by atoms with Crippen LogP contribution in [0.15, 0.2) is 109 Å². The van der Waals surface area contributed by atoms with E-state index >= 15 is 0 Å². The van der Waals surface area contributed by atoms with E-state index in [-0.39, 0.29) is 36.9 Å². The van der Waals surface area contributed by atoms with Gasteiger partial charge in [-0.15, -0.1) is 0 Å². The van der Waals surface area contributed by atoms with E-state index in [4.69, 9.17) is 19.5 Å². The molecule has 0 radical (unpaired) electrons. The van der Waals surface area contributed by atoms with Crippen LogP contribution in [-0.4, -0.2) is 60.2 Å². The van der Waals surface area contributed by atoms with Crippen LogP contribution >= 0.6 is 0 Å². The highest BCUT2D eigenvalue weighted by atomic mass is 32.2. The van der Waals surface area contributed by atoms with E-state index in [0.717, 1.165) is 27.8 Å². The molecule has 0 aliphatic heterocycles. The maximum atomic E-state index is 12.6. The number of esters is 2. The van der Waals surface area contributed by atoms with Gasteiger partial charge in [0.2, 0.25) is 0 Å². The molecular weight excluding hydrogens is 747 g/mol. The Morgan fingerprint density at radius 2 is 1.04 bits per heavy atom. The van der Waals surface area contributed by atoms with Gasteiger partial charge in [0.25, 0.3) is 0 Å². The quantitative estimate of drug-likeness (QED) is 0.0803. The van der Waals surface area contributed by atoms with Gasteiger partial charge in [-0.05, 0) is 96.1 Å². The van der Waals surface area contributed by atoms with E-state index in [0.29, 0.717) is 18.7 Å². The molecule has 0 aliphatic carbocycles. The topological polar surface area (TPSA) is 151 Å². The SMILES string of the molecule is CCOC(=O)C[C@H](NS(=O)C(C)(C)C)c1cccc(C)c1.CCOC(=O)C[C@H](N[S@](=O)C(C)(C)C)c1cccc(-c2ccccc2)c1.OB(O)c1ccccc1. The number of hydrogen-bond acceptors (Lipinski definition) is 8. The standard InChI is InChI=1S/C21H27NO3S.C16H25NO3S.C6H7BO2/c1-5-25-20(23)15-19(22-26(24)21(2,3)4)18-13-9-12-17(14-18)16-10-7-6-8-11-16;1-6-20-15(18)11-14(17-21(19)16(3,4)5)13-9-7-8-12(2)10-13;8-7(9)6-4-2-1-3-5-6/h6-14,19,22H,5,15H2,1-4H3;7-10,14,17H,6,11H2,1-5H3;1-5,8-9H/t19-,26+;14-,21?;/m00./s1. The maximum Gasteiger partial charge on any atom is 0.488 e. The van der Waals surface area contributed by atoms with Crippen LogP contribution in [0.3, 0.4) is 0 Å². The second-order valence-electron chi connectivity index (χ2n) is 14.8. The van der Waals surface area contributed by atoms with Gasteiger partial charge in [-0.25, -0.2) is 17.9 Å². The zero-order valence-corrected chi connectivity index (χ0v) is 35.7. The Morgan fingerprint density at radius 3 is 1.43 bits per heavy atom. The van der Waals surface area contributed by atoms with Crippen molar-refractivity contribution in [3.63, 3.8) is 0 Å². The predicted molar refractivity (Wildman–Crippen MR) is 229 cm³/mol. The molecule has 304 valence electrons. The van der Waals surface area contributed by atoms with Gasteiger partial charge in [-0.3, -0.25) is 9.59 Å². The van der Waals surface area contributed by atoms with Gasteiger partial charge in [0.1, 0.15) is 0 Å². The fourth-order valence-electron chi connectivity index (χ4n) is 4.92. The fourth-order valence-corrected chi connectivity index (χ4v) is 6.58. The highest BCUT2D eigenvalue weighted by Gasteiger charge is 2.27. The van der Waals surface area contributed by atoms with Crippen molar-refractivity contribution in [1.82, 2.24) is 9.44 Å². The molecule has 4 N–H and O–H groups in total. The first-order chi connectivity index (χ1) is 26.3. The molecule has 0 saturated carbocycles. The average molecular weight is 807 g/mol. The van der Waals surface area contributed by atoms with E-state index in [1.165, 1.54) is 0 Å². The van der Waals surface area contributed by atoms with Crippen molar-refractivity contribution in [2.24, 2.45) is 0 Å². The van der Waals surface area contributed by atoms with E-state index in [9.17, 15) is 18.0 Å². The van der Waals surface area contributed by atoms with Gasteiger partial charge >= 0.3 is 19.1 Å². The van der Waals surface area contributed by atoms with Crippen molar-refractivity contribution < 1.29 is 37.5 Å². The number of aryl methyl sites for hydroxylation is 1. The molecule has 4 aromatic rings. The third-order valence-corrected chi connectivity index (χ3v) is 11.1. The number of hydrogen-bond donors (Lipinski definition) is 4. The highest BCUT2D eigenvalue weighted by Crippen LogP contribution is 2.27. The Bertz CT molecular complexity index is 1830. The third kappa shape index (κ3) is 17.9. The van der Waals surface area contributed by atoms with Crippen LogP contribution in [0.2, 0.25) is 0 Å². The summed E-state index contributed by atoms with van der Waals surface area (Å²) in [5, 5.41) is 17.2. The summed E-state index contributed by atoms with van der Waals surface area (Å²) in [7, 11) is -3.89. The smallest absolute Gasteiger partial charge is 0.466 e. The van der Waals surface area contributed by atoms with Crippen molar-refractivity contribution >= 4 is 46.5 Å². The Kier molecular flexibility index (Phi) is 20.6. The summed E-state index contributed by atoms with van der Waals surface area (Å²) >= 11 is 0. The van der Waals surface area contributed by atoms with Crippen LogP contribution in [0, 0.1) is 6.92 Å². The first kappa shape index (κ1) is 48.2. The normalized spacial score (nSPS) is 13.3. The number of nitrogens with one attached hydrogen (secondary N) is 2.